The quantitative estimate of drug-likeness (QED) is 0.0740. The summed E-state index contributed by atoms with van der Waals surface area (Å²) in [7, 11) is 0. The van der Waals surface area contributed by atoms with Crippen LogP contribution in [0.2, 0.25) is 0 Å². The minimum atomic E-state index is 0.671. The van der Waals surface area contributed by atoms with Crippen molar-refractivity contribution in [3.05, 3.63) is 106 Å². The number of ether oxygens (including phenoxy) is 1. The minimum absolute atomic E-state index is 0.671. The lowest BCUT2D eigenvalue weighted by Gasteiger charge is -2.23. The Labute approximate surface area is 291 Å². The van der Waals surface area contributed by atoms with Gasteiger partial charge >= 0.3 is 0 Å². The fraction of sp³-hybridized carbons (Fsp3) is 0.244. The van der Waals surface area contributed by atoms with Crippen LogP contribution in [0.3, 0.4) is 0 Å². The Morgan fingerprint density at radius 1 is 0.812 bits per heavy atom. The summed E-state index contributed by atoms with van der Waals surface area (Å²) in [6.07, 6.45) is 4.18. The molecule has 242 valence electrons. The molecule has 0 amide bonds. The molecule has 0 N–H and O–H groups in total. The molecule has 2 aromatic heterocycles. The summed E-state index contributed by atoms with van der Waals surface area (Å²) in [6, 6.07) is 32.0. The monoisotopic (exact) mass is 668 g/mol. The summed E-state index contributed by atoms with van der Waals surface area (Å²) < 4.78 is 8.12. The molecule has 5 nitrogen and oxygen atoms in total. The summed E-state index contributed by atoms with van der Waals surface area (Å²) in [4.78, 5) is 3.42. The molecule has 2 heterocycles. The normalized spacial score (nSPS) is 11.9. The second-order valence-corrected chi connectivity index (χ2v) is 14.0. The second-order valence-electron chi connectivity index (χ2n) is 11.9. The van der Waals surface area contributed by atoms with Crippen molar-refractivity contribution in [3.8, 4) is 22.9 Å². The van der Waals surface area contributed by atoms with E-state index in [0.717, 1.165) is 96.5 Å². The molecule has 6 aromatic rings. The Morgan fingerprint density at radius 2 is 1.52 bits per heavy atom. The van der Waals surface area contributed by atoms with Crippen LogP contribution in [0.1, 0.15) is 55.2 Å². The number of allylic oxidation sites excluding steroid dienone is 1. The topological polar surface area (TPSA) is 61.0 Å². The number of nitriles is 1. The third-order valence-corrected chi connectivity index (χ3v) is 10.7. The minimum Gasteiger partial charge on any atom is -0.494 e. The highest BCUT2D eigenvalue weighted by molar-refractivity contribution is 7.30. The number of unbranched alkanes of at least 4 members (excludes halogenated alkanes) is 1. The number of fused-ring (bicyclic) bond motifs is 2. The smallest absolute Gasteiger partial charge is 0.140 e. The number of anilines is 1. The molecule has 6 rings (SSSR count). The maximum Gasteiger partial charge on any atom is 0.140 e. The largest absolute Gasteiger partial charge is 0.494 e. The molecule has 4 aromatic carbocycles. The first-order valence-electron chi connectivity index (χ1n) is 16.6. The van der Waals surface area contributed by atoms with Gasteiger partial charge in [0.25, 0.3) is 0 Å². The van der Waals surface area contributed by atoms with Gasteiger partial charge in [0.15, 0.2) is 0 Å². The van der Waals surface area contributed by atoms with Gasteiger partial charge in [0.05, 0.1) is 23.9 Å². The Morgan fingerprint density at radius 3 is 2.19 bits per heavy atom. The van der Waals surface area contributed by atoms with Crippen molar-refractivity contribution < 1.29 is 4.74 Å². The predicted molar refractivity (Wildman–Crippen MR) is 207 cm³/mol. The highest BCUT2D eigenvalue weighted by Gasteiger charge is 2.14. The zero-order chi connectivity index (χ0) is 33.6. The molecule has 0 atom stereocenters. The summed E-state index contributed by atoms with van der Waals surface area (Å²) in [5, 5.41) is 22.7. The molecular weight excluding hydrogens is 629 g/mol. The number of thiophene rings is 2. The van der Waals surface area contributed by atoms with Crippen molar-refractivity contribution in [1.82, 2.24) is 0 Å². The van der Waals surface area contributed by atoms with Crippen molar-refractivity contribution in [3.63, 3.8) is 0 Å². The maximum atomic E-state index is 10.2. The molecule has 0 aliphatic heterocycles. The second kappa shape index (κ2) is 15.0. The Bertz CT molecular complexity index is 2110. The molecule has 0 radical (unpaired) electrons. The molecule has 7 heteroatoms. The van der Waals surface area contributed by atoms with Crippen LogP contribution in [-0.2, 0) is 0 Å². The number of hydrogen-bond donors (Lipinski definition) is 0. The van der Waals surface area contributed by atoms with Crippen LogP contribution in [0.25, 0.3) is 42.9 Å². The fourth-order valence-corrected chi connectivity index (χ4v) is 8.36. The van der Waals surface area contributed by atoms with Crippen LogP contribution in [0.15, 0.2) is 95.2 Å². The average Bonchev–Trinajstić information content (AvgIpc) is 3.66. The molecule has 0 unspecified atom stereocenters. The molecule has 0 saturated heterocycles. The standard InChI is InChI=1S/C41H40N4OS2/c1-6-9-20-46-32-16-14-29(15-17-32)30-21-27(4)41(28(5)22-30)31(26-42)23-33-24-38-39(47-33)25-40(48-38)44-43-36-18-19-37(45(7-2)8-3)35-13-11-10-12-34(35)36/h10-19,21-25H,6-9,20H2,1-5H3/b31-23+,44-43?. The molecule has 0 aliphatic rings. The predicted octanol–water partition coefficient (Wildman–Crippen LogP) is 12.9. The summed E-state index contributed by atoms with van der Waals surface area (Å²) in [5.41, 5.74) is 8.19. The lowest BCUT2D eigenvalue weighted by atomic mass is 9.91. The summed E-state index contributed by atoms with van der Waals surface area (Å²) >= 11 is 3.30. The van der Waals surface area contributed by atoms with E-state index in [4.69, 9.17) is 4.74 Å². The maximum absolute atomic E-state index is 10.2. The fourth-order valence-electron chi connectivity index (χ4n) is 6.20. The van der Waals surface area contributed by atoms with E-state index in [2.05, 4.69) is 129 Å². The van der Waals surface area contributed by atoms with Crippen LogP contribution >= 0.6 is 22.7 Å². The van der Waals surface area contributed by atoms with Crippen LogP contribution < -0.4 is 9.64 Å². The SMILES string of the molecule is CCCCOc1ccc(-c2cc(C)c(/C(C#N)=C/c3cc4sc(N=Nc5ccc(N(CC)CC)c6ccccc56)cc4s3)c(C)c2)cc1. The number of hydrogen-bond acceptors (Lipinski definition) is 7. The third-order valence-electron chi connectivity index (χ3n) is 8.61. The van der Waals surface area contributed by atoms with E-state index >= 15 is 0 Å². The van der Waals surface area contributed by atoms with E-state index in [-0.39, 0.29) is 0 Å². The van der Waals surface area contributed by atoms with Gasteiger partial charge < -0.3 is 9.64 Å². The van der Waals surface area contributed by atoms with E-state index < -0.39 is 0 Å². The van der Waals surface area contributed by atoms with Crippen molar-refractivity contribution in [2.24, 2.45) is 10.2 Å². The highest BCUT2D eigenvalue weighted by atomic mass is 32.1. The number of nitrogens with zero attached hydrogens (tertiary/aromatic N) is 4. The van der Waals surface area contributed by atoms with E-state index in [9.17, 15) is 5.26 Å². The molecule has 0 saturated carbocycles. The molecule has 0 aliphatic carbocycles. The molecule has 0 bridgehead atoms. The number of aryl methyl sites for hydroxylation is 2. The number of benzene rings is 4. The third kappa shape index (κ3) is 7.06. The first-order chi connectivity index (χ1) is 23.4. The van der Waals surface area contributed by atoms with E-state index in [0.29, 0.717) is 5.57 Å². The van der Waals surface area contributed by atoms with Crippen LogP contribution in [-0.4, -0.2) is 19.7 Å². The lowest BCUT2D eigenvalue weighted by molar-refractivity contribution is 0.309. The van der Waals surface area contributed by atoms with E-state index in [1.165, 1.54) is 11.1 Å². The molecule has 48 heavy (non-hydrogen) atoms. The van der Waals surface area contributed by atoms with E-state index in [1.54, 1.807) is 22.7 Å². The summed E-state index contributed by atoms with van der Waals surface area (Å²) in [6.45, 7) is 13.4. The zero-order valence-corrected chi connectivity index (χ0v) is 29.8. The van der Waals surface area contributed by atoms with Crippen LogP contribution in [0, 0.1) is 25.2 Å². The van der Waals surface area contributed by atoms with Gasteiger partial charge in [-0.25, -0.2) is 0 Å². The Kier molecular flexibility index (Phi) is 10.3. The van der Waals surface area contributed by atoms with Crippen LogP contribution in [0.5, 0.6) is 5.75 Å². The van der Waals surface area contributed by atoms with Gasteiger partial charge in [0.1, 0.15) is 10.8 Å². The molecule has 0 spiro atoms. The van der Waals surface area contributed by atoms with Gasteiger partial charge in [0.2, 0.25) is 0 Å². The van der Waals surface area contributed by atoms with Gasteiger partial charge in [0, 0.05) is 43.8 Å². The van der Waals surface area contributed by atoms with Gasteiger partial charge in [-0.15, -0.1) is 32.9 Å². The Hall–Kier alpha value is -4.77. The van der Waals surface area contributed by atoms with Crippen molar-refractivity contribution >= 4 is 70.9 Å². The van der Waals surface area contributed by atoms with Gasteiger partial charge in [-0.2, -0.15) is 5.26 Å². The van der Waals surface area contributed by atoms with E-state index in [1.807, 2.05) is 18.2 Å². The van der Waals surface area contributed by atoms with Crippen molar-refractivity contribution in [2.75, 3.05) is 24.6 Å². The Balaban J connectivity index is 1.22. The molecule has 0 fully saturated rings. The average molecular weight is 669 g/mol. The van der Waals surface area contributed by atoms with Crippen LogP contribution in [0.4, 0.5) is 16.4 Å². The van der Waals surface area contributed by atoms with Gasteiger partial charge in [-0.3, -0.25) is 0 Å². The first-order valence-corrected chi connectivity index (χ1v) is 18.2. The molecular formula is C41H40N4OS2. The van der Waals surface area contributed by atoms with Gasteiger partial charge in [-0.05, 0) is 104 Å². The highest BCUT2D eigenvalue weighted by Crippen LogP contribution is 2.41. The summed E-state index contributed by atoms with van der Waals surface area (Å²) in [5.74, 6) is 0.896. The number of rotatable bonds is 12. The van der Waals surface area contributed by atoms with Gasteiger partial charge in [-0.1, -0.05) is 61.9 Å². The first kappa shape index (κ1) is 33.1. The van der Waals surface area contributed by atoms with Crippen molar-refractivity contribution in [2.45, 2.75) is 47.5 Å². The lowest BCUT2D eigenvalue weighted by Crippen LogP contribution is -2.21. The number of azo groups is 1. The van der Waals surface area contributed by atoms with Crippen molar-refractivity contribution in [1.29, 1.82) is 5.26 Å². The zero-order valence-electron chi connectivity index (χ0n) is 28.2.